The van der Waals surface area contributed by atoms with Gasteiger partial charge in [0, 0.05) is 17.9 Å². The van der Waals surface area contributed by atoms with Gasteiger partial charge in [-0.3, -0.25) is 9.59 Å². The lowest BCUT2D eigenvalue weighted by atomic mass is 9.81. The minimum absolute atomic E-state index is 0.112. The van der Waals surface area contributed by atoms with Gasteiger partial charge in [0.25, 0.3) is 0 Å². The van der Waals surface area contributed by atoms with E-state index in [1.807, 2.05) is 54.6 Å². The van der Waals surface area contributed by atoms with E-state index >= 15 is 0 Å². The van der Waals surface area contributed by atoms with Gasteiger partial charge < -0.3 is 9.47 Å². The number of benzene rings is 2. The molecule has 1 unspecified atom stereocenters. The van der Waals surface area contributed by atoms with Gasteiger partial charge in [0.2, 0.25) is 0 Å². The molecule has 148 valence electrons. The van der Waals surface area contributed by atoms with Crippen molar-refractivity contribution in [3.8, 4) is 5.75 Å². The third-order valence-corrected chi connectivity index (χ3v) is 5.56. The van der Waals surface area contributed by atoms with E-state index in [1.54, 1.807) is 0 Å². The molecular weight excluding hydrogens is 352 g/mol. The number of carbonyl (C=O) groups is 2. The number of rotatable bonds is 9. The van der Waals surface area contributed by atoms with E-state index in [4.69, 9.17) is 9.47 Å². The number of ketones is 1. The molecule has 4 heteroatoms. The molecule has 0 spiro atoms. The molecule has 0 aromatic heterocycles. The van der Waals surface area contributed by atoms with Crippen molar-refractivity contribution in [3.63, 3.8) is 0 Å². The highest BCUT2D eigenvalue weighted by Crippen LogP contribution is 2.36. The molecule has 3 rings (SSSR count). The normalized spacial score (nSPS) is 15.2. The van der Waals surface area contributed by atoms with Gasteiger partial charge in [-0.1, -0.05) is 55.3 Å². The predicted octanol–water partition coefficient (Wildman–Crippen LogP) is 5.21. The van der Waals surface area contributed by atoms with Crippen molar-refractivity contribution in [1.82, 2.24) is 0 Å². The number of methoxy groups -OCH3 is 1. The monoisotopic (exact) mass is 380 g/mol. The van der Waals surface area contributed by atoms with E-state index in [-0.39, 0.29) is 24.1 Å². The molecule has 28 heavy (non-hydrogen) atoms. The molecule has 1 aliphatic carbocycles. The van der Waals surface area contributed by atoms with Gasteiger partial charge in [0.15, 0.2) is 5.78 Å². The standard InChI is InChI=1S/C24H28O4/c1-27-23(25)15-14-22(19-10-5-6-11-19)24(26)20-12-7-13-21(16-20)28-17-18-8-3-2-4-9-18/h2-4,7-9,12-13,16,19,22H,5-6,10-11,14-15,17H2,1H3. The number of hydrogen-bond acceptors (Lipinski definition) is 4. The number of carbonyl (C=O) groups excluding carboxylic acids is 2. The summed E-state index contributed by atoms with van der Waals surface area (Å²) in [5.74, 6) is 0.765. The van der Waals surface area contributed by atoms with Crippen LogP contribution in [0.1, 0.15) is 54.4 Å². The lowest BCUT2D eigenvalue weighted by molar-refractivity contribution is -0.140. The summed E-state index contributed by atoms with van der Waals surface area (Å²) in [5, 5.41) is 0. The quantitative estimate of drug-likeness (QED) is 0.443. The van der Waals surface area contributed by atoms with Crippen LogP contribution in [0.4, 0.5) is 0 Å². The minimum Gasteiger partial charge on any atom is -0.489 e. The van der Waals surface area contributed by atoms with E-state index in [2.05, 4.69) is 0 Å². The first-order chi connectivity index (χ1) is 13.7. The molecule has 0 heterocycles. The largest absolute Gasteiger partial charge is 0.489 e. The second-order valence-corrected chi connectivity index (χ2v) is 7.43. The zero-order chi connectivity index (χ0) is 19.8. The summed E-state index contributed by atoms with van der Waals surface area (Å²) in [6, 6.07) is 17.4. The molecule has 1 atom stereocenters. The first-order valence-corrected chi connectivity index (χ1v) is 10.0. The Morgan fingerprint density at radius 2 is 1.79 bits per heavy atom. The molecule has 4 nitrogen and oxygen atoms in total. The Kier molecular flexibility index (Phi) is 7.24. The van der Waals surface area contributed by atoms with Crippen LogP contribution in [0.5, 0.6) is 5.75 Å². The van der Waals surface area contributed by atoms with Crippen molar-refractivity contribution < 1.29 is 19.1 Å². The molecule has 2 aromatic carbocycles. The topological polar surface area (TPSA) is 52.6 Å². The lowest BCUT2D eigenvalue weighted by Gasteiger charge is -2.22. The third-order valence-electron chi connectivity index (χ3n) is 5.56. The van der Waals surface area contributed by atoms with Gasteiger partial charge in [0.1, 0.15) is 12.4 Å². The summed E-state index contributed by atoms with van der Waals surface area (Å²) in [6.45, 7) is 0.465. The van der Waals surface area contributed by atoms with Gasteiger partial charge in [-0.05, 0) is 42.9 Å². The van der Waals surface area contributed by atoms with E-state index in [9.17, 15) is 9.59 Å². The molecule has 2 aromatic rings. The molecule has 0 saturated heterocycles. The van der Waals surface area contributed by atoms with Crippen LogP contribution in [-0.2, 0) is 16.1 Å². The highest BCUT2D eigenvalue weighted by Gasteiger charge is 2.31. The zero-order valence-electron chi connectivity index (χ0n) is 16.4. The summed E-state index contributed by atoms with van der Waals surface area (Å²) < 4.78 is 10.6. The van der Waals surface area contributed by atoms with E-state index in [1.165, 1.54) is 7.11 Å². The number of ether oxygens (including phenoxy) is 2. The second-order valence-electron chi connectivity index (χ2n) is 7.43. The van der Waals surface area contributed by atoms with Crippen LogP contribution in [0, 0.1) is 11.8 Å². The zero-order valence-corrected chi connectivity index (χ0v) is 16.4. The van der Waals surface area contributed by atoms with Crippen LogP contribution in [0.15, 0.2) is 54.6 Å². The van der Waals surface area contributed by atoms with Crippen molar-refractivity contribution in [3.05, 3.63) is 65.7 Å². The molecule has 0 aliphatic heterocycles. The Hall–Kier alpha value is -2.62. The molecule has 0 N–H and O–H groups in total. The maximum atomic E-state index is 13.3. The average molecular weight is 380 g/mol. The molecule has 1 aliphatic rings. The molecule has 0 amide bonds. The molecule has 1 saturated carbocycles. The number of Topliss-reactive ketones (excluding diaryl/α,β-unsaturated/α-hetero) is 1. The first kappa shape index (κ1) is 20.1. The Bertz CT molecular complexity index is 778. The summed E-state index contributed by atoms with van der Waals surface area (Å²) in [4.78, 5) is 24.9. The summed E-state index contributed by atoms with van der Waals surface area (Å²) in [7, 11) is 1.39. The predicted molar refractivity (Wildman–Crippen MR) is 108 cm³/mol. The smallest absolute Gasteiger partial charge is 0.305 e. The molecule has 0 bridgehead atoms. The van der Waals surface area contributed by atoms with E-state index in [0.29, 0.717) is 30.3 Å². The van der Waals surface area contributed by atoms with Crippen molar-refractivity contribution in [1.29, 1.82) is 0 Å². The van der Waals surface area contributed by atoms with Gasteiger partial charge >= 0.3 is 5.97 Å². The van der Waals surface area contributed by atoms with Gasteiger partial charge in [-0.2, -0.15) is 0 Å². The Labute approximate surface area is 166 Å². The Morgan fingerprint density at radius 1 is 1.04 bits per heavy atom. The van der Waals surface area contributed by atoms with Crippen molar-refractivity contribution in [2.75, 3.05) is 7.11 Å². The van der Waals surface area contributed by atoms with Crippen molar-refractivity contribution in [2.24, 2.45) is 11.8 Å². The van der Waals surface area contributed by atoms with E-state index < -0.39 is 0 Å². The van der Waals surface area contributed by atoms with E-state index in [0.717, 1.165) is 31.2 Å². The van der Waals surface area contributed by atoms with Crippen molar-refractivity contribution >= 4 is 11.8 Å². The fourth-order valence-electron chi connectivity index (χ4n) is 4.01. The fourth-order valence-corrected chi connectivity index (χ4v) is 4.01. The van der Waals surface area contributed by atoms with Gasteiger partial charge in [0.05, 0.1) is 7.11 Å². The highest BCUT2D eigenvalue weighted by atomic mass is 16.5. The summed E-state index contributed by atoms with van der Waals surface area (Å²) in [6.07, 6.45) is 5.27. The maximum Gasteiger partial charge on any atom is 0.305 e. The molecule has 0 radical (unpaired) electrons. The maximum absolute atomic E-state index is 13.3. The Morgan fingerprint density at radius 3 is 2.50 bits per heavy atom. The van der Waals surface area contributed by atoms with Crippen LogP contribution >= 0.6 is 0 Å². The highest BCUT2D eigenvalue weighted by molar-refractivity contribution is 5.98. The lowest BCUT2D eigenvalue weighted by Crippen LogP contribution is -2.23. The Balaban J connectivity index is 1.70. The molecule has 1 fully saturated rings. The minimum atomic E-state index is -0.254. The summed E-state index contributed by atoms with van der Waals surface area (Å²) in [5.41, 5.74) is 1.74. The summed E-state index contributed by atoms with van der Waals surface area (Å²) >= 11 is 0. The van der Waals surface area contributed by atoms with Gasteiger partial charge in [-0.15, -0.1) is 0 Å². The van der Waals surface area contributed by atoms with Crippen LogP contribution < -0.4 is 4.74 Å². The SMILES string of the molecule is COC(=O)CCC(C(=O)c1cccc(OCc2ccccc2)c1)C1CCCC1. The second kappa shape index (κ2) is 10.1. The average Bonchev–Trinajstić information content (AvgIpc) is 3.27. The van der Waals surface area contributed by atoms with Crippen LogP contribution in [0.25, 0.3) is 0 Å². The molecular formula is C24H28O4. The first-order valence-electron chi connectivity index (χ1n) is 10.0. The van der Waals surface area contributed by atoms with Gasteiger partial charge in [-0.25, -0.2) is 0 Å². The fraction of sp³-hybridized carbons (Fsp3) is 0.417. The van der Waals surface area contributed by atoms with Crippen LogP contribution in [0.2, 0.25) is 0 Å². The van der Waals surface area contributed by atoms with Crippen LogP contribution in [-0.4, -0.2) is 18.9 Å². The van der Waals surface area contributed by atoms with Crippen molar-refractivity contribution in [2.45, 2.75) is 45.1 Å². The third kappa shape index (κ3) is 5.44. The van der Waals surface area contributed by atoms with Crippen LogP contribution in [0.3, 0.4) is 0 Å². The number of esters is 1. The number of hydrogen-bond donors (Lipinski definition) is 0.